The van der Waals surface area contributed by atoms with Crippen molar-refractivity contribution in [2.24, 2.45) is 0 Å². The molecule has 0 amide bonds. The Labute approximate surface area is 148 Å². The highest BCUT2D eigenvalue weighted by atomic mass is 32.1. The minimum absolute atomic E-state index is 0.974. The molecule has 0 bridgehead atoms. The summed E-state index contributed by atoms with van der Waals surface area (Å²) in [7, 11) is 0. The highest BCUT2D eigenvalue weighted by Gasteiger charge is 2.17. The smallest absolute Gasteiger partial charge is 0.0987 e. The van der Waals surface area contributed by atoms with Crippen molar-refractivity contribution in [1.29, 1.82) is 0 Å². The molecule has 1 aliphatic carbocycles. The van der Waals surface area contributed by atoms with E-state index in [2.05, 4.69) is 59.3 Å². The molecule has 0 N–H and O–H groups in total. The van der Waals surface area contributed by atoms with Gasteiger partial charge in [0.1, 0.15) is 0 Å². The van der Waals surface area contributed by atoms with Crippen molar-refractivity contribution < 1.29 is 0 Å². The van der Waals surface area contributed by atoms with E-state index in [0.29, 0.717) is 0 Å². The SMILES string of the molecule is C1=Cc2nc3c(-c4cccs4)ccc(-c4cccs4)c3nc2CC1. The summed E-state index contributed by atoms with van der Waals surface area (Å²) in [6.07, 6.45) is 6.33. The molecular formula is C20H14N2S2. The van der Waals surface area contributed by atoms with Crippen LogP contribution in [0.2, 0.25) is 0 Å². The molecule has 0 fully saturated rings. The van der Waals surface area contributed by atoms with E-state index in [9.17, 15) is 0 Å². The summed E-state index contributed by atoms with van der Waals surface area (Å²) in [6.45, 7) is 0. The second-order valence-corrected chi connectivity index (χ2v) is 7.70. The van der Waals surface area contributed by atoms with Crippen molar-refractivity contribution in [3.8, 4) is 20.9 Å². The molecule has 116 valence electrons. The van der Waals surface area contributed by atoms with Gasteiger partial charge in [-0.2, -0.15) is 0 Å². The van der Waals surface area contributed by atoms with E-state index in [-0.39, 0.29) is 0 Å². The molecule has 3 aromatic heterocycles. The molecule has 0 saturated carbocycles. The average molecular weight is 346 g/mol. The molecule has 0 radical (unpaired) electrons. The Bertz CT molecular complexity index is 1050. The van der Waals surface area contributed by atoms with Crippen LogP contribution in [0.4, 0.5) is 0 Å². The molecule has 24 heavy (non-hydrogen) atoms. The highest BCUT2D eigenvalue weighted by Crippen LogP contribution is 2.37. The van der Waals surface area contributed by atoms with Gasteiger partial charge >= 0.3 is 0 Å². The lowest BCUT2D eigenvalue weighted by molar-refractivity contribution is 0.921. The molecule has 5 rings (SSSR count). The molecule has 1 aliphatic rings. The number of thiophene rings is 2. The zero-order chi connectivity index (χ0) is 15.9. The minimum atomic E-state index is 0.974. The molecule has 3 heterocycles. The molecule has 4 heteroatoms. The van der Waals surface area contributed by atoms with Crippen LogP contribution in [-0.2, 0) is 6.42 Å². The molecule has 0 saturated heterocycles. The summed E-state index contributed by atoms with van der Waals surface area (Å²) in [6, 6.07) is 12.9. The summed E-state index contributed by atoms with van der Waals surface area (Å²) < 4.78 is 0. The lowest BCUT2D eigenvalue weighted by Gasteiger charge is -2.14. The fourth-order valence-corrected chi connectivity index (χ4v) is 4.68. The van der Waals surface area contributed by atoms with Gasteiger partial charge < -0.3 is 0 Å². The van der Waals surface area contributed by atoms with Crippen LogP contribution >= 0.6 is 22.7 Å². The van der Waals surface area contributed by atoms with E-state index in [4.69, 9.17) is 9.97 Å². The molecule has 0 unspecified atom stereocenters. The Hall–Kier alpha value is -2.30. The summed E-state index contributed by atoms with van der Waals surface area (Å²) >= 11 is 3.50. The fraction of sp³-hybridized carbons (Fsp3) is 0.100. The van der Waals surface area contributed by atoms with Crippen molar-refractivity contribution in [2.45, 2.75) is 12.8 Å². The number of rotatable bonds is 2. The van der Waals surface area contributed by atoms with Crippen molar-refractivity contribution >= 4 is 39.8 Å². The van der Waals surface area contributed by atoms with Crippen molar-refractivity contribution in [2.75, 3.05) is 0 Å². The minimum Gasteiger partial charge on any atom is -0.248 e. The number of aryl methyl sites for hydroxylation is 1. The molecule has 0 atom stereocenters. The van der Waals surface area contributed by atoms with Crippen LogP contribution < -0.4 is 0 Å². The van der Waals surface area contributed by atoms with Gasteiger partial charge in [-0.25, -0.2) is 9.97 Å². The number of benzene rings is 1. The van der Waals surface area contributed by atoms with Crippen LogP contribution in [0.25, 0.3) is 38.0 Å². The Morgan fingerprint density at radius 3 is 2.08 bits per heavy atom. The van der Waals surface area contributed by atoms with Crippen LogP contribution in [0.5, 0.6) is 0 Å². The van der Waals surface area contributed by atoms with Crippen molar-refractivity contribution in [3.63, 3.8) is 0 Å². The molecule has 2 nitrogen and oxygen atoms in total. The first-order chi connectivity index (χ1) is 11.9. The zero-order valence-electron chi connectivity index (χ0n) is 12.9. The largest absolute Gasteiger partial charge is 0.248 e. The maximum atomic E-state index is 5.04. The summed E-state index contributed by atoms with van der Waals surface area (Å²) in [5.74, 6) is 0. The maximum absolute atomic E-state index is 5.04. The van der Waals surface area contributed by atoms with Crippen molar-refractivity contribution in [1.82, 2.24) is 9.97 Å². The quantitative estimate of drug-likeness (QED) is 0.442. The fourth-order valence-electron chi connectivity index (χ4n) is 3.18. The molecule has 0 spiro atoms. The summed E-state index contributed by atoms with van der Waals surface area (Å²) in [5, 5.41) is 4.23. The standard InChI is InChI=1S/C20H14N2S2/c1-2-6-16-15(5-1)21-19-13(17-7-3-11-23-17)9-10-14(20(19)22-16)18-8-4-12-24-18/h1,3-5,7-12H,2,6H2. The Kier molecular flexibility index (Phi) is 3.32. The van der Waals surface area contributed by atoms with E-state index in [1.54, 1.807) is 22.7 Å². The number of allylic oxidation sites excluding steroid dienone is 1. The van der Waals surface area contributed by atoms with Gasteiger partial charge in [-0.1, -0.05) is 30.3 Å². The average Bonchev–Trinajstić information content (AvgIpc) is 3.32. The van der Waals surface area contributed by atoms with Gasteiger partial charge in [0.05, 0.1) is 22.4 Å². The number of hydrogen-bond donors (Lipinski definition) is 0. The predicted octanol–water partition coefficient (Wildman–Crippen LogP) is 6.05. The van der Waals surface area contributed by atoms with Gasteiger partial charge in [-0.15, -0.1) is 22.7 Å². The third-order valence-corrected chi connectivity index (χ3v) is 6.13. The van der Waals surface area contributed by atoms with Gasteiger partial charge in [0.15, 0.2) is 0 Å². The first-order valence-electron chi connectivity index (χ1n) is 7.98. The Morgan fingerprint density at radius 1 is 0.792 bits per heavy atom. The molecule has 4 aromatic rings. The summed E-state index contributed by atoms with van der Waals surface area (Å²) in [4.78, 5) is 12.5. The third kappa shape index (κ3) is 2.22. The van der Waals surface area contributed by atoms with E-state index >= 15 is 0 Å². The lowest BCUT2D eigenvalue weighted by Crippen LogP contribution is -2.03. The van der Waals surface area contributed by atoms with Crippen molar-refractivity contribution in [3.05, 3.63) is 64.6 Å². The second kappa shape index (κ2) is 5.65. The topological polar surface area (TPSA) is 25.8 Å². The van der Waals surface area contributed by atoms with E-state index in [1.165, 1.54) is 20.9 Å². The number of hydrogen-bond acceptors (Lipinski definition) is 4. The zero-order valence-corrected chi connectivity index (χ0v) is 14.5. The van der Waals surface area contributed by atoms with Crippen LogP contribution in [-0.4, -0.2) is 9.97 Å². The van der Waals surface area contributed by atoms with Crippen LogP contribution in [0.3, 0.4) is 0 Å². The van der Waals surface area contributed by atoms with Gasteiger partial charge in [0.25, 0.3) is 0 Å². The molecule has 1 aromatic carbocycles. The van der Waals surface area contributed by atoms with Crippen LogP contribution in [0.15, 0.2) is 53.2 Å². The second-order valence-electron chi connectivity index (χ2n) is 5.81. The normalized spacial score (nSPS) is 13.3. The number of fused-ring (bicyclic) bond motifs is 2. The monoisotopic (exact) mass is 346 g/mol. The number of aromatic nitrogens is 2. The van der Waals surface area contributed by atoms with Gasteiger partial charge in [-0.05, 0) is 41.8 Å². The maximum Gasteiger partial charge on any atom is 0.0987 e. The predicted molar refractivity (Wildman–Crippen MR) is 104 cm³/mol. The van der Waals surface area contributed by atoms with E-state index in [0.717, 1.165) is 35.3 Å². The highest BCUT2D eigenvalue weighted by molar-refractivity contribution is 7.14. The van der Waals surface area contributed by atoms with E-state index < -0.39 is 0 Å². The molecular weight excluding hydrogens is 332 g/mol. The van der Waals surface area contributed by atoms with Crippen LogP contribution in [0.1, 0.15) is 17.8 Å². The van der Waals surface area contributed by atoms with Crippen LogP contribution in [0, 0.1) is 0 Å². The van der Waals surface area contributed by atoms with Gasteiger partial charge in [0.2, 0.25) is 0 Å². The third-order valence-electron chi connectivity index (χ3n) is 4.32. The van der Waals surface area contributed by atoms with Gasteiger partial charge in [0, 0.05) is 20.9 Å². The lowest BCUT2D eigenvalue weighted by atomic mass is 10.0. The van der Waals surface area contributed by atoms with E-state index in [1.807, 2.05) is 0 Å². The first kappa shape index (κ1) is 14.1. The Morgan fingerprint density at radius 2 is 1.46 bits per heavy atom. The first-order valence-corrected chi connectivity index (χ1v) is 9.74. The Balaban J connectivity index is 1.87. The summed E-state index contributed by atoms with van der Waals surface area (Å²) in [5.41, 5.74) is 6.53. The van der Waals surface area contributed by atoms with Gasteiger partial charge in [-0.3, -0.25) is 0 Å². The number of nitrogens with zero attached hydrogens (tertiary/aromatic N) is 2. The molecule has 0 aliphatic heterocycles.